The number of para-hydroxylation sites is 1. The van der Waals surface area contributed by atoms with Crippen molar-refractivity contribution in [3.8, 4) is 0 Å². The quantitative estimate of drug-likeness (QED) is 0.834. The molecule has 0 saturated carbocycles. The molecule has 0 radical (unpaired) electrons. The number of fused-ring (bicyclic) bond motifs is 1. The van der Waals surface area contributed by atoms with Gasteiger partial charge in [-0.3, -0.25) is 4.79 Å². The molecule has 1 heterocycles. The van der Waals surface area contributed by atoms with Crippen LogP contribution in [-0.2, 0) is 6.42 Å². The summed E-state index contributed by atoms with van der Waals surface area (Å²) in [6.07, 6.45) is 0.657. The molecule has 0 aliphatic carbocycles. The number of rotatable bonds is 2. The van der Waals surface area contributed by atoms with Gasteiger partial charge in [0.15, 0.2) is 5.78 Å². The fraction of sp³-hybridized carbons (Fsp3) is 0.188. The summed E-state index contributed by atoms with van der Waals surface area (Å²) >= 11 is 0. The number of hydrogen-bond acceptors (Lipinski definition) is 2. The number of anilines is 1. The summed E-state index contributed by atoms with van der Waals surface area (Å²) < 4.78 is 13.5. The first-order valence-electron chi connectivity index (χ1n) is 6.30. The van der Waals surface area contributed by atoms with Crippen molar-refractivity contribution in [2.75, 3.05) is 5.32 Å². The number of carbonyl (C=O) groups excluding carboxylic acids is 1. The van der Waals surface area contributed by atoms with Crippen molar-refractivity contribution in [1.29, 1.82) is 0 Å². The molecule has 0 saturated heterocycles. The fourth-order valence-corrected chi connectivity index (χ4v) is 2.40. The lowest BCUT2D eigenvalue weighted by Crippen LogP contribution is -2.27. The Kier molecular flexibility index (Phi) is 2.82. The largest absolute Gasteiger partial charge is 0.374 e. The Morgan fingerprint density at radius 1 is 1.26 bits per heavy atom. The summed E-state index contributed by atoms with van der Waals surface area (Å²) in [6, 6.07) is 12.2. The van der Waals surface area contributed by atoms with Crippen LogP contribution in [0.3, 0.4) is 0 Å². The molecule has 19 heavy (non-hydrogen) atoms. The van der Waals surface area contributed by atoms with Gasteiger partial charge in [0.25, 0.3) is 0 Å². The molecule has 0 fully saturated rings. The van der Waals surface area contributed by atoms with Gasteiger partial charge in [-0.25, -0.2) is 4.39 Å². The van der Waals surface area contributed by atoms with Gasteiger partial charge in [-0.05, 0) is 30.2 Å². The second kappa shape index (κ2) is 4.50. The van der Waals surface area contributed by atoms with Crippen molar-refractivity contribution in [1.82, 2.24) is 0 Å². The van der Waals surface area contributed by atoms with Gasteiger partial charge in [0.05, 0.1) is 6.04 Å². The number of hydrogen-bond donors (Lipinski definition) is 1. The van der Waals surface area contributed by atoms with Crippen molar-refractivity contribution in [2.45, 2.75) is 19.4 Å². The third kappa shape index (κ3) is 2.12. The molecule has 2 aromatic carbocycles. The lowest BCUT2D eigenvalue weighted by Gasteiger charge is -2.10. The number of aryl methyl sites for hydroxylation is 1. The zero-order valence-electron chi connectivity index (χ0n) is 10.6. The molecule has 0 amide bonds. The van der Waals surface area contributed by atoms with E-state index >= 15 is 0 Å². The van der Waals surface area contributed by atoms with Crippen LogP contribution in [0.2, 0.25) is 0 Å². The molecule has 0 aromatic heterocycles. The summed E-state index contributed by atoms with van der Waals surface area (Å²) in [5, 5.41) is 3.19. The lowest BCUT2D eigenvalue weighted by atomic mass is 10.00. The van der Waals surface area contributed by atoms with Crippen LogP contribution in [0.25, 0.3) is 0 Å². The highest BCUT2D eigenvalue weighted by atomic mass is 19.1. The van der Waals surface area contributed by atoms with Crippen LogP contribution in [0.5, 0.6) is 0 Å². The molecule has 96 valence electrons. The molecular weight excluding hydrogens is 241 g/mol. The molecule has 2 aromatic rings. The van der Waals surface area contributed by atoms with E-state index in [9.17, 15) is 9.18 Å². The fourth-order valence-electron chi connectivity index (χ4n) is 2.40. The number of carbonyl (C=O) groups is 1. The van der Waals surface area contributed by atoms with Crippen LogP contribution in [0, 0.1) is 12.7 Å². The molecule has 3 rings (SSSR count). The molecule has 1 atom stereocenters. The summed E-state index contributed by atoms with van der Waals surface area (Å²) in [4.78, 5) is 12.3. The van der Waals surface area contributed by atoms with E-state index in [-0.39, 0.29) is 17.6 Å². The van der Waals surface area contributed by atoms with Crippen LogP contribution < -0.4 is 5.32 Å². The average Bonchev–Trinajstić information content (AvgIpc) is 2.85. The van der Waals surface area contributed by atoms with Crippen LogP contribution in [0.1, 0.15) is 21.5 Å². The first-order chi connectivity index (χ1) is 9.15. The Hall–Kier alpha value is -2.16. The minimum absolute atomic E-state index is 0.0601. The maximum Gasteiger partial charge on any atom is 0.185 e. The van der Waals surface area contributed by atoms with Crippen LogP contribution >= 0.6 is 0 Å². The van der Waals surface area contributed by atoms with E-state index in [1.165, 1.54) is 6.07 Å². The standard InChI is InChI=1S/C16H14FNO/c1-10-6-7-12(8-13(10)17)16(19)15-9-11-4-2-3-5-14(11)18-15/h2-8,15,18H,9H2,1H3. The Bertz CT molecular complexity index is 626. The number of halogens is 1. The zero-order valence-corrected chi connectivity index (χ0v) is 10.6. The minimum Gasteiger partial charge on any atom is -0.374 e. The number of benzene rings is 2. The van der Waals surface area contributed by atoms with Gasteiger partial charge in [0.1, 0.15) is 5.82 Å². The second-order valence-electron chi connectivity index (χ2n) is 4.89. The Morgan fingerprint density at radius 3 is 2.79 bits per heavy atom. The number of Topliss-reactive ketones (excluding diaryl/α,β-unsaturated/α-hetero) is 1. The highest BCUT2D eigenvalue weighted by molar-refractivity contribution is 6.02. The van der Waals surface area contributed by atoms with Crippen molar-refractivity contribution < 1.29 is 9.18 Å². The number of ketones is 1. The molecule has 0 spiro atoms. The first kappa shape index (κ1) is 11.9. The van der Waals surface area contributed by atoms with Crippen molar-refractivity contribution in [3.63, 3.8) is 0 Å². The van der Waals surface area contributed by atoms with Crippen LogP contribution in [-0.4, -0.2) is 11.8 Å². The highest BCUT2D eigenvalue weighted by Gasteiger charge is 2.27. The smallest absolute Gasteiger partial charge is 0.185 e. The van der Waals surface area contributed by atoms with E-state index in [0.717, 1.165) is 11.3 Å². The van der Waals surface area contributed by atoms with Gasteiger partial charge in [0.2, 0.25) is 0 Å². The molecule has 1 unspecified atom stereocenters. The summed E-state index contributed by atoms with van der Waals surface area (Å²) in [5.74, 6) is -0.392. The van der Waals surface area contributed by atoms with E-state index in [0.29, 0.717) is 17.5 Å². The van der Waals surface area contributed by atoms with E-state index in [2.05, 4.69) is 5.32 Å². The van der Waals surface area contributed by atoms with Gasteiger partial charge in [-0.2, -0.15) is 0 Å². The zero-order chi connectivity index (χ0) is 13.4. The van der Waals surface area contributed by atoms with Gasteiger partial charge < -0.3 is 5.32 Å². The molecule has 2 nitrogen and oxygen atoms in total. The third-order valence-electron chi connectivity index (χ3n) is 3.54. The maximum atomic E-state index is 13.5. The summed E-state index contributed by atoms with van der Waals surface area (Å²) in [6.45, 7) is 1.69. The monoisotopic (exact) mass is 255 g/mol. The SMILES string of the molecule is Cc1ccc(C(=O)C2Cc3ccccc3N2)cc1F. The topological polar surface area (TPSA) is 29.1 Å². The summed E-state index contributed by atoms with van der Waals surface area (Å²) in [5.41, 5.74) is 3.11. The average molecular weight is 255 g/mol. The third-order valence-corrected chi connectivity index (χ3v) is 3.54. The van der Waals surface area contributed by atoms with Gasteiger partial charge in [-0.15, -0.1) is 0 Å². The predicted molar refractivity (Wildman–Crippen MR) is 73.0 cm³/mol. The highest BCUT2D eigenvalue weighted by Crippen LogP contribution is 2.27. The Balaban J connectivity index is 1.85. The van der Waals surface area contributed by atoms with E-state index < -0.39 is 0 Å². The molecule has 1 N–H and O–H groups in total. The van der Waals surface area contributed by atoms with Crippen molar-refractivity contribution in [2.24, 2.45) is 0 Å². The number of nitrogens with one attached hydrogen (secondary N) is 1. The van der Waals surface area contributed by atoms with Crippen molar-refractivity contribution >= 4 is 11.5 Å². The molecule has 0 bridgehead atoms. The minimum atomic E-state index is -0.332. The van der Waals surface area contributed by atoms with E-state index in [4.69, 9.17) is 0 Å². The van der Waals surface area contributed by atoms with Crippen LogP contribution in [0.15, 0.2) is 42.5 Å². The predicted octanol–water partition coefficient (Wildman–Crippen LogP) is 3.35. The van der Waals surface area contributed by atoms with Gasteiger partial charge >= 0.3 is 0 Å². The van der Waals surface area contributed by atoms with E-state index in [1.54, 1.807) is 19.1 Å². The van der Waals surface area contributed by atoms with Gasteiger partial charge in [-0.1, -0.05) is 30.3 Å². The van der Waals surface area contributed by atoms with Crippen LogP contribution in [0.4, 0.5) is 10.1 Å². The maximum absolute atomic E-state index is 13.5. The van der Waals surface area contributed by atoms with Crippen molar-refractivity contribution in [3.05, 3.63) is 65.0 Å². The second-order valence-corrected chi connectivity index (χ2v) is 4.89. The Labute approximate surface area is 111 Å². The molecular formula is C16H14FNO. The van der Waals surface area contributed by atoms with E-state index in [1.807, 2.05) is 24.3 Å². The molecule has 3 heteroatoms. The first-order valence-corrected chi connectivity index (χ1v) is 6.30. The molecule has 1 aliphatic rings. The molecule has 1 aliphatic heterocycles. The van der Waals surface area contributed by atoms with Gasteiger partial charge in [0, 0.05) is 17.7 Å². The Morgan fingerprint density at radius 2 is 2.05 bits per heavy atom. The normalized spacial score (nSPS) is 16.8. The summed E-state index contributed by atoms with van der Waals surface area (Å²) in [7, 11) is 0. The lowest BCUT2D eigenvalue weighted by molar-refractivity contribution is 0.0971.